The molecule has 2 fully saturated rings. The van der Waals surface area contributed by atoms with Crippen molar-refractivity contribution in [3.8, 4) is 0 Å². The zero-order chi connectivity index (χ0) is 26.3. The second-order valence-corrected chi connectivity index (χ2v) is 11.6. The van der Waals surface area contributed by atoms with Gasteiger partial charge in [0.05, 0.1) is 21.8 Å². The average Bonchev–Trinajstić information content (AvgIpc) is 3.06. The number of imide groups is 1. The first-order chi connectivity index (χ1) is 17.0. The monoisotopic (exact) mass is 659 g/mol. The number of para-hydroxylation sites is 1. The lowest BCUT2D eigenvalue weighted by molar-refractivity contribution is -0.385. The highest BCUT2D eigenvalue weighted by Crippen LogP contribution is 2.44. The second kappa shape index (κ2) is 10.6. The normalized spacial score (nSPS) is 23.4. The van der Waals surface area contributed by atoms with Gasteiger partial charge in [0.15, 0.2) is 5.78 Å². The Balaban J connectivity index is 1.76. The van der Waals surface area contributed by atoms with Gasteiger partial charge >= 0.3 is 0 Å². The average molecular weight is 662 g/mol. The molecule has 2 aromatic rings. The van der Waals surface area contributed by atoms with Gasteiger partial charge in [-0.25, -0.2) is 5.01 Å². The van der Waals surface area contributed by atoms with Crippen LogP contribution in [0.1, 0.15) is 33.6 Å². The molecular weight excluding hydrogens is 645 g/mol. The zero-order valence-corrected chi connectivity index (χ0v) is 23.0. The molecule has 13 heteroatoms. The molecule has 0 bridgehead atoms. The summed E-state index contributed by atoms with van der Waals surface area (Å²) in [6.07, 6.45) is 0.679. The largest absolute Gasteiger partial charge is 0.292 e. The molecule has 0 unspecified atom stereocenters. The third-order valence-electron chi connectivity index (χ3n) is 6.22. The van der Waals surface area contributed by atoms with Crippen molar-refractivity contribution >= 4 is 84.3 Å². The fraction of sp³-hybridized carbons (Fsp3) is 0.304. The lowest BCUT2D eigenvalue weighted by Crippen LogP contribution is -2.52. The molecule has 0 radical (unpaired) electrons. The van der Waals surface area contributed by atoms with Gasteiger partial charge in [0.2, 0.25) is 0 Å². The van der Waals surface area contributed by atoms with Gasteiger partial charge in [0.1, 0.15) is 12.1 Å². The first-order valence-corrected chi connectivity index (χ1v) is 13.3. The summed E-state index contributed by atoms with van der Waals surface area (Å²) in [6.45, 7) is -0.751. The molecule has 9 nitrogen and oxygen atoms in total. The number of halogens is 4. The van der Waals surface area contributed by atoms with Crippen LogP contribution in [0, 0.1) is 22.0 Å². The number of hydrogen-bond donors (Lipinski definition) is 0. The lowest BCUT2D eigenvalue weighted by Gasteiger charge is -2.30. The van der Waals surface area contributed by atoms with E-state index in [1.807, 2.05) is 0 Å². The van der Waals surface area contributed by atoms with Crippen LogP contribution in [0.2, 0.25) is 10.0 Å². The molecule has 0 N–H and O–H groups in total. The molecule has 36 heavy (non-hydrogen) atoms. The number of carbonyl (C=O) groups excluding carboxylic acids is 4. The van der Waals surface area contributed by atoms with Crippen molar-refractivity contribution in [2.24, 2.45) is 11.8 Å². The highest BCUT2D eigenvalue weighted by Gasteiger charge is 2.55. The number of rotatable bonds is 6. The Labute approximate surface area is 232 Å². The highest BCUT2D eigenvalue weighted by molar-refractivity contribution is 9.12. The van der Waals surface area contributed by atoms with E-state index in [0.29, 0.717) is 22.9 Å². The predicted molar refractivity (Wildman–Crippen MR) is 138 cm³/mol. The van der Waals surface area contributed by atoms with Crippen LogP contribution in [0.4, 0.5) is 5.69 Å². The third kappa shape index (κ3) is 4.93. The number of Topliss-reactive ketones (excluding diaryl/α,β-unsaturated/α-hetero) is 1. The number of ketones is 1. The van der Waals surface area contributed by atoms with Gasteiger partial charge in [0.25, 0.3) is 23.4 Å². The summed E-state index contributed by atoms with van der Waals surface area (Å²) in [4.78, 5) is 64.3. The molecule has 1 aliphatic carbocycles. The molecule has 0 aromatic heterocycles. The first kappa shape index (κ1) is 26.7. The topological polar surface area (TPSA) is 118 Å². The van der Waals surface area contributed by atoms with E-state index in [-0.39, 0.29) is 30.8 Å². The fourth-order valence-electron chi connectivity index (χ4n) is 4.44. The molecule has 3 amide bonds. The molecule has 0 spiro atoms. The van der Waals surface area contributed by atoms with E-state index >= 15 is 0 Å². The van der Waals surface area contributed by atoms with E-state index in [1.165, 1.54) is 36.4 Å². The van der Waals surface area contributed by atoms with E-state index in [2.05, 4.69) is 31.9 Å². The van der Waals surface area contributed by atoms with Gasteiger partial charge in [-0.1, -0.05) is 67.2 Å². The van der Waals surface area contributed by atoms with Crippen LogP contribution >= 0.6 is 55.1 Å². The predicted octanol–water partition coefficient (Wildman–Crippen LogP) is 5.06. The summed E-state index contributed by atoms with van der Waals surface area (Å²) in [5.41, 5.74) is -0.884. The number of nitro groups is 1. The number of fused-ring (bicyclic) bond motifs is 1. The molecule has 2 aliphatic rings. The smallest absolute Gasteiger partial charge is 0.282 e. The zero-order valence-electron chi connectivity index (χ0n) is 18.3. The van der Waals surface area contributed by atoms with Gasteiger partial charge in [-0.3, -0.25) is 29.3 Å². The van der Waals surface area contributed by atoms with Crippen LogP contribution in [-0.2, 0) is 9.59 Å². The molecule has 1 saturated heterocycles. The minimum atomic E-state index is -1.04. The minimum Gasteiger partial charge on any atom is -0.292 e. The van der Waals surface area contributed by atoms with E-state index in [9.17, 15) is 29.3 Å². The molecule has 1 aliphatic heterocycles. The van der Waals surface area contributed by atoms with Crippen molar-refractivity contribution in [3.63, 3.8) is 0 Å². The molecule has 1 heterocycles. The van der Waals surface area contributed by atoms with Crippen LogP contribution in [0.5, 0.6) is 0 Å². The summed E-state index contributed by atoms with van der Waals surface area (Å²) in [5.74, 6) is -4.41. The molecule has 4 atom stereocenters. The van der Waals surface area contributed by atoms with Crippen LogP contribution < -0.4 is 0 Å². The van der Waals surface area contributed by atoms with Crippen molar-refractivity contribution in [1.29, 1.82) is 0 Å². The van der Waals surface area contributed by atoms with Crippen LogP contribution in [0.25, 0.3) is 0 Å². The highest BCUT2D eigenvalue weighted by atomic mass is 79.9. The Bertz CT molecular complexity index is 1260. The quantitative estimate of drug-likeness (QED) is 0.140. The van der Waals surface area contributed by atoms with Crippen LogP contribution in [0.3, 0.4) is 0 Å². The Morgan fingerprint density at radius 2 is 1.58 bits per heavy atom. The Hall–Kier alpha value is -2.34. The Morgan fingerprint density at radius 1 is 1.00 bits per heavy atom. The van der Waals surface area contributed by atoms with Crippen molar-refractivity contribution in [1.82, 2.24) is 10.0 Å². The number of hydrazine groups is 1. The van der Waals surface area contributed by atoms with Crippen molar-refractivity contribution in [2.75, 3.05) is 6.54 Å². The summed E-state index contributed by atoms with van der Waals surface area (Å²) in [5, 5.41) is 13.2. The maximum atomic E-state index is 13.6. The van der Waals surface area contributed by atoms with Crippen molar-refractivity contribution < 1.29 is 24.1 Å². The number of amides is 3. The summed E-state index contributed by atoms with van der Waals surface area (Å²) < 4.78 is 0. The summed E-state index contributed by atoms with van der Waals surface area (Å²) in [6, 6.07) is 9.26. The van der Waals surface area contributed by atoms with Crippen LogP contribution in [-0.4, -0.2) is 54.6 Å². The first-order valence-electron chi connectivity index (χ1n) is 10.7. The van der Waals surface area contributed by atoms with Gasteiger partial charge < -0.3 is 0 Å². The summed E-state index contributed by atoms with van der Waals surface area (Å²) >= 11 is 19.1. The number of alkyl halides is 2. The van der Waals surface area contributed by atoms with E-state index in [0.717, 1.165) is 6.07 Å². The molecule has 2 aromatic carbocycles. The number of hydrogen-bond acceptors (Lipinski definition) is 6. The molecular formula is C23H17Br2Cl2N3O6. The Kier molecular flexibility index (Phi) is 7.84. The maximum Gasteiger partial charge on any atom is 0.282 e. The summed E-state index contributed by atoms with van der Waals surface area (Å²) in [7, 11) is 0. The second-order valence-electron chi connectivity index (χ2n) is 8.39. The fourth-order valence-corrected chi connectivity index (χ4v) is 6.19. The van der Waals surface area contributed by atoms with Gasteiger partial charge in [-0.05, 0) is 37.1 Å². The number of carbonyl (C=O) groups is 4. The van der Waals surface area contributed by atoms with Crippen molar-refractivity contribution in [3.05, 3.63) is 73.8 Å². The number of nitrogens with zero attached hydrogens (tertiary/aromatic N) is 3. The minimum absolute atomic E-state index is 0.0129. The SMILES string of the molecule is O=C(CN(C(=O)c1ccccc1[N+](=O)[O-])N1C(=O)[C@@H]2C[C@H](Br)[C@@H](Br)C[C@H]2C1=O)c1ccc(Cl)cc1Cl. The number of nitro benzene ring substituents is 1. The number of benzene rings is 2. The molecule has 4 rings (SSSR count). The van der Waals surface area contributed by atoms with E-state index in [4.69, 9.17) is 23.2 Å². The van der Waals surface area contributed by atoms with E-state index in [1.54, 1.807) is 0 Å². The standard InChI is InChI=1S/C23H17Br2Cl2N3O6/c24-16-8-14-15(9-17(16)25)23(34)29(22(14)33)28(10-20(31)12-6-5-11(26)7-18(12)27)21(32)13-3-1-2-4-19(13)30(35)36/h1-7,14-17H,8-10H2/t14-,15-,16+,17+/m1/s1. The maximum absolute atomic E-state index is 13.6. The van der Waals surface area contributed by atoms with Crippen molar-refractivity contribution in [2.45, 2.75) is 22.5 Å². The third-order valence-corrected chi connectivity index (χ3v) is 9.50. The van der Waals surface area contributed by atoms with Gasteiger partial charge in [-0.2, -0.15) is 5.01 Å². The van der Waals surface area contributed by atoms with Gasteiger partial charge in [0, 0.05) is 26.3 Å². The van der Waals surface area contributed by atoms with Crippen LogP contribution in [0.15, 0.2) is 42.5 Å². The van der Waals surface area contributed by atoms with Gasteiger partial charge in [-0.15, -0.1) is 0 Å². The molecule has 188 valence electrons. The molecule has 1 saturated carbocycles. The lowest BCUT2D eigenvalue weighted by atomic mass is 9.81. The van der Waals surface area contributed by atoms with E-state index < -0.39 is 52.5 Å². The Morgan fingerprint density at radius 3 is 2.14 bits per heavy atom.